The minimum atomic E-state index is 0.789. The molecule has 0 N–H and O–H groups in total. The Morgan fingerprint density at radius 1 is 1.21 bits per heavy atom. The highest BCUT2D eigenvalue weighted by molar-refractivity contribution is 14.1. The summed E-state index contributed by atoms with van der Waals surface area (Å²) in [5.41, 5.74) is 0. The molecular formula is C8H9I2N3O. The van der Waals surface area contributed by atoms with Crippen molar-refractivity contribution in [3.63, 3.8) is 0 Å². The molecule has 0 spiro atoms. The minimum Gasteiger partial charge on any atom is -0.378 e. The molecule has 0 unspecified atom stereocenters. The summed E-state index contributed by atoms with van der Waals surface area (Å²) in [6, 6.07) is 2.01. The van der Waals surface area contributed by atoms with E-state index < -0.39 is 0 Å². The molecule has 1 saturated heterocycles. The molecule has 1 aromatic heterocycles. The molecule has 0 atom stereocenters. The van der Waals surface area contributed by atoms with Gasteiger partial charge in [0.2, 0.25) is 0 Å². The summed E-state index contributed by atoms with van der Waals surface area (Å²) >= 11 is 4.36. The van der Waals surface area contributed by atoms with Gasteiger partial charge < -0.3 is 9.64 Å². The van der Waals surface area contributed by atoms with Gasteiger partial charge >= 0.3 is 0 Å². The maximum absolute atomic E-state index is 5.29. The van der Waals surface area contributed by atoms with Crippen LogP contribution in [0.15, 0.2) is 6.07 Å². The predicted octanol–water partition coefficient (Wildman–Crippen LogP) is 1.52. The number of rotatable bonds is 1. The van der Waals surface area contributed by atoms with E-state index in [4.69, 9.17) is 4.74 Å². The largest absolute Gasteiger partial charge is 0.378 e. The second kappa shape index (κ2) is 4.88. The number of halogens is 2. The van der Waals surface area contributed by atoms with Gasteiger partial charge in [0, 0.05) is 41.7 Å². The number of hydrogen-bond donors (Lipinski definition) is 0. The molecule has 0 aliphatic carbocycles. The molecule has 2 heterocycles. The molecular weight excluding hydrogens is 408 g/mol. The number of anilines is 1. The van der Waals surface area contributed by atoms with Crippen molar-refractivity contribution in [2.45, 2.75) is 0 Å². The van der Waals surface area contributed by atoms with Crippen LogP contribution in [-0.2, 0) is 4.74 Å². The maximum atomic E-state index is 5.29. The van der Waals surface area contributed by atoms with Crippen LogP contribution in [0.25, 0.3) is 0 Å². The molecule has 4 nitrogen and oxygen atoms in total. The van der Waals surface area contributed by atoms with Crippen LogP contribution in [-0.4, -0.2) is 36.3 Å². The maximum Gasteiger partial charge on any atom is 0.193 e. The van der Waals surface area contributed by atoms with Crippen LogP contribution in [0.5, 0.6) is 0 Å². The van der Waals surface area contributed by atoms with Crippen LogP contribution >= 0.6 is 45.2 Å². The normalized spacial score (nSPS) is 17.1. The number of morpholine rings is 1. The molecule has 1 aliphatic rings. The van der Waals surface area contributed by atoms with Gasteiger partial charge in [0.15, 0.2) is 3.83 Å². The standard InChI is InChI=1S/C8H9I2N3O/c9-6-5-7(12-8(10)11-6)13-1-3-14-4-2-13/h5H,1-4H2. The summed E-state index contributed by atoms with van der Waals surface area (Å²) in [5.74, 6) is 1.01. The van der Waals surface area contributed by atoms with E-state index >= 15 is 0 Å². The molecule has 0 amide bonds. The SMILES string of the molecule is Ic1cc(N2CCOCC2)nc(I)n1. The van der Waals surface area contributed by atoms with Gasteiger partial charge in [-0.3, -0.25) is 0 Å². The second-order valence-corrected chi connectivity index (χ2v) is 4.99. The number of aromatic nitrogens is 2. The molecule has 0 saturated carbocycles. The fourth-order valence-corrected chi connectivity index (χ4v) is 2.81. The van der Waals surface area contributed by atoms with Crippen LogP contribution < -0.4 is 4.90 Å². The number of ether oxygens (including phenoxy) is 1. The van der Waals surface area contributed by atoms with Crippen molar-refractivity contribution < 1.29 is 4.74 Å². The summed E-state index contributed by atoms with van der Waals surface area (Å²) in [6.45, 7) is 3.42. The molecule has 0 aromatic carbocycles. The van der Waals surface area contributed by atoms with Crippen molar-refractivity contribution in [1.82, 2.24) is 9.97 Å². The summed E-state index contributed by atoms with van der Waals surface area (Å²) in [5, 5.41) is 0. The first kappa shape index (κ1) is 10.8. The van der Waals surface area contributed by atoms with Crippen LogP contribution in [0, 0.1) is 7.53 Å². The molecule has 0 radical (unpaired) electrons. The fourth-order valence-electron chi connectivity index (χ4n) is 1.33. The van der Waals surface area contributed by atoms with Crippen molar-refractivity contribution in [3.05, 3.63) is 13.6 Å². The van der Waals surface area contributed by atoms with E-state index in [-0.39, 0.29) is 0 Å². The van der Waals surface area contributed by atoms with Crippen LogP contribution in [0.3, 0.4) is 0 Å². The smallest absolute Gasteiger partial charge is 0.193 e. The third kappa shape index (κ3) is 2.66. The van der Waals surface area contributed by atoms with Crippen molar-refractivity contribution >= 4 is 51.0 Å². The van der Waals surface area contributed by atoms with E-state index in [9.17, 15) is 0 Å². The Morgan fingerprint density at radius 3 is 2.57 bits per heavy atom. The van der Waals surface area contributed by atoms with Crippen LogP contribution in [0.1, 0.15) is 0 Å². The first-order chi connectivity index (χ1) is 6.75. The zero-order valence-electron chi connectivity index (χ0n) is 7.41. The summed E-state index contributed by atoms with van der Waals surface area (Å²) < 4.78 is 7.08. The minimum absolute atomic E-state index is 0.789. The molecule has 76 valence electrons. The van der Waals surface area contributed by atoms with Crippen molar-refractivity contribution in [2.75, 3.05) is 31.2 Å². The quantitative estimate of drug-likeness (QED) is 0.395. The molecule has 1 aliphatic heterocycles. The Kier molecular flexibility index (Phi) is 3.77. The average Bonchev–Trinajstić information content (AvgIpc) is 2.18. The summed E-state index contributed by atoms with van der Waals surface area (Å²) in [7, 11) is 0. The molecule has 14 heavy (non-hydrogen) atoms. The number of nitrogens with zero attached hydrogens (tertiary/aromatic N) is 3. The van der Waals surface area contributed by atoms with Gasteiger partial charge in [-0.15, -0.1) is 0 Å². The van der Waals surface area contributed by atoms with Gasteiger partial charge in [0.05, 0.1) is 13.2 Å². The fraction of sp³-hybridized carbons (Fsp3) is 0.500. The van der Waals surface area contributed by atoms with Gasteiger partial charge in [-0.1, -0.05) is 0 Å². The highest BCUT2D eigenvalue weighted by atomic mass is 127. The Hall–Kier alpha value is 0.300. The van der Waals surface area contributed by atoms with Crippen LogP contribution in [0.2, 0.25) is 0 Å². The Balaban J connectivity index is 2.21. The molecule has 1 aromatic rings. The first-order valence-electron chi connectivity index (χ1n) is 4.28. The lowest BCUT2D eigenvalue weighted by atomic mass is 10.4. The molecule has 2 rings (SSSR count). The predicted molar refractivity (Wildman–Crippen MR) is 70.5 cm³/mol. The molecule has 1 fully saturated rings. The summed E-state index contributed by atoms with van der Waals surface area (Å²) in [6.07, 6.45) is 0. The zero-order chi connectivity index (χ0) is 9.97. The van der Waals surface area contributed by atoms with Gasteiger partial charge in [0.25, 0.3) is 0 Å². The van der Waals surface area contributed by atoms with Gasteiger partial charge in [-0.05, 0) is 22.6 Å². The lowest BCUT2D eigenvalue weighted by Gasteiger charge is -2.27. The van der Waals surface area contributed by atoms with E-state index in [2.05, 4.69) is 60.0 Å². The Labute approximate surface area is 110 Å². The van der Waals surface area contributed by atoms with Gasteiger partial charge in [0.1, 0.15) is 9.52 Å². The van der Waals surface area contributed by atoms with E-state index in [1.807, 2.05) is 6.07 Å². The van der Waals surface area contributed by atoms with Crippen molar-refractivity contribution in [2.24, 2.45) is 0 Å². The van der Waals surface area contributed by atoms with E-state index in [1.165, 1.54) is 0 Å². The molecule has 6 heteroatoms. The lowest BCUT2D eigenvalue weighted by molar-refractivity contribution is 0.122. The Bertz CT molecular complexity index is 308. The second-order valence-electron chi connectivity index (χ2n) is 2.92. The average molecular weight is 417 g/mol. The monoisotopic (exact) mass is 417 g/mol. The van der Waals surface area contributed by atoms with E-state index in [1.54, 1.807) is 0 Å². The van der Waals surface area contributed by atoms with E-state index in [0.717, 1.165) is 39.7 Å². The number of hydrogen-bond acceptors (Lipinski definition) is 4. The third-order valence-corrected chi connectivity index (χ3v) is 3.02. The third-order valence-electron chi connectivity index (χ3n) is 1.99. The zero-order valence-corrected chi connectivity index (χ0v) is 11.7. The summed E-state index contributed by atoms with van der Waals surface area (Å²) in [4.78, 5) is 10.9. The Morgan fingerprint density at radius 2 is 1.93 bits per heavy atom. The van der Waals surface area contributed by atoms with Crippen LogP contribution in [0.4, 0.5) is 5.82 Å². The highest BCUT2D eigenvalue weighted by Gasteiger charge is 2.13. The topological polar surface area (TPSA) is 38.2 Å². The van der Waals surface area contributed by atoms with Crippen molar-refractivity contribution in [3.8, 4) is 0 Å². The van der Waals surface area contributed by atoms with Crippen molar-refractivity contribution in [1.29, 1.82) is 0 Å². The molecule has 0 bridgehead atoms. The lowest BCUT2D eigenvalue weighted by Crippen LogP contribution is -2.37. The van der Waals surface area contributed by atoms with Gasteiger partial charge in [-0.2, -0.15) is 0 Å². The highest BCUT2D eigenvalue weighted by Crippen LogP contribution is 2.16. The van der Waals surface area contributed by atoms with Gasteiger partial charge in [-0.25, -0.2) is 9.97 Å². The first-order valence-corrected chi connectivity index (χ1v) is 6.44. The van der Waals surface area contributed by atoms with E-state index in [0.29, 0.717) is 0 Å².